The van der Waals surface area contributed by atoms with Crippen LogP contribution in [0.4, 0.5) is 0 Å². The van der Waals surface area contributed by atoms with Crippen molar-refractivity contribution in [3.05, 3.63) is 0 Å². The van der Waals surface area contributed by atoms with Gasteiger partial charge in [0.15, 0.2) is 0 Å². The van der Waals surface area contributed by atoms with Gasteiger partial charge in [-0.2, -0.15) is 0 Å². The summed E-state index contributed by atoms with van der Waals surface area (Å²) in [6, 6.07) is 0. The van der Waals surface area contributed by atoms with E-state index in [0.717, 1.165) is 25.3 Å². The molecule has 0 amide bonds. The first-order chi connectivity index (χ1) is 6.72. The molecule has 82 valence electrons. The normalized spacial score (nSPS) is 22.8. The molecule has 1 aliphatic heterocycles. The lowest BCUT2D eigenvalue weighted by atomic mass is 10.0. The molecule has 0 aromatic heterocycles. The molecule has 1 unspecified atom stereocenters. The standard InChI is InChI=1S/C11H23N3/c1-2-4-10-6-8-14(9-10)7-3-5-11(12)13/h10H,2-9H2,1H3,(H3,12,13). The van der Waals surface area contributed by atoms with Crippen molar-refractivity contribution in [1.82, 2.24) is 4.90 Å². The minimum Gasteiger partial charge on any atom is -0.388 e. The SMILES string of the molecule is CCCC1CCN(CCCC(=N)N)C1. The van der Waals surface area contributed by atoms with Gasteiger partial charge in [-0.1, -0.05) is 13.3 Å². The van der Waals surface area contributed by atoms with Crippen LogP contribution < -0.4 is 5.73 Å². The Kier molecular flexibility index (Phi) is 4.94. The zero-order valence-electron chi connectivity index (χ0n) is 9.26. The van der Waals surface area contributed by atoms with Crippen molar-refractivity contribution in [2.75, 3.05) is 19.6 Å². The van der Waals surface area contributed by atoms with Gasteiger partial charge in [-0.05, 0) is 38.3 Å². The highest BCUT2D eigenvalue weighted by molar-refractivity contribution is 5.76. The molecule has 0 saturated carbocycles. The summed E-state index contributed by atoms with van der Waals surface area (Å²) in [5, 5.41) is 7.13. The lowest BCUT2D eigenvalue weighted by Gasteiger charge is -2.15. The molecule has 0 aliphatic carbocycles. The van der Waals surface area contributed by atoms with Gasteiger partial charge in [0.25, 0.3) is 0 Å². The Morgan fingerprint density at radius 3 is 3.00 bits per heavy atom. The fourth-order valence-corrected chi connectivity index (χ4v) is 2.25. The fraction of sp³-hybridized carbons (Fsp3) is 0.909. The van der Waals surface area contributed by atoms with Gasteiger partial charge in [-0.3, -0.25) is 5.41 Å². The van der Waals surface area contributed by atoms with Crippen LogP contribution in [0.25, 0.3) is 0 Å². The van der Waals surface area contributed by atoms with Crippen molar-refractivity contribution >= 4 is 5.84 Å². The van der Waals surface area contributed by atoms with Crippen molar-refractivity contribution < 1.29 is 0 Å². The first-order valence-electron chi connectivity index (χ1n) is 5.77. The van der Waals surface area contributed by atoms with Crippen molar-refractivity contribution in [3.8, 4) is 0 Å². The second-order valence-corrected chi connectivity index (χ2v) is 4.37. The van der Waals surface area contributed by atoms with Gasteiger partial charge in [0.2, 0.25) is 0 Å². The quantitative estimate of drug-likeness (QED) is 0.504. The predicted molar refractivity (Wildman–Crippen MR) is 60.6 cm³/mol. The second-order valence-electron chi connectivity index (χ2n) is 4.37. The highest BCUT2D eigenvalue weighted by atomic mass is 15.1. The van der Waals surface area contributed by atoms with Gasteiger partial charge in [-0.15, -0.1) is 0 Å². The van der Waals surface area contributed by atoms with E-state index in [2.05, 4.69) is 11.8 Å². The lowest BCUT2D eigenvalue weighted by Crippen LogP contribution is -2.23. The summed E-state index contributed by atoms with van der Waals surface area (Å²) in [6.45, 7) is 5.91. The monoisotopic (exact) mass is 197 g/mol. The van der Waals surface area contributed by atoms with Gasteiger partial charge in [-0.25, -0.2) is 0 Å². The molecule has 1 fully saturated rings. The number of hydrogen-bond donors (Lipinski definition) is 2. The molecule has 0 spiro atoms. The van der Waals surface area contributed by atoms with Crippen LogP contribution in [0.2, 0.25) is 0 Å². The van der Waals surface area contributed by atoms with Crippen LogP contribution in [0.3, 0.4) is 0 Å². The van der Waals surface area contributed by atoms with Crippen LogP contribution in [0.1, 0.15) is 39.0 Å². The summed E-state index contributed by atoms with van der Waals surface area (Å²) in [5.41, 5.74) is 5.32. The maximum atomic E-state index is 7.13. The Hall–Kier alpha value is -0.570. The third-order valence-corrected chi connectivity index (χ3v) is 2.99. The molecule has 1 saturated heterocycles. The zero-order chi connectivity index (χ0) is 10.4. The molecular weight excluding hydrogens is 174 g/mol. The first-order valence-corrected chi connectivity index (χ1v) is 5.77. The predicted octanol–water partition coefficient (Wildman–Crippen LogP) is 1.82. The van der Waals surface area contributed by atoms with E-state index >= 15 is 0 Å². The molecule has 1 atom stereocenters. The maximum Gasteiger partial charge on any atom is 0.0905 e. The highest BCUT2D eigenvalue weighted by Gasteiger charge is 2.20. The summed E-state index contributed by atoms with van der Waals surface area (Å²) in [5.74, 6) is 1.26. The summed E-state index contributed by atoms with van der Waals surface area (Å²) >= 11 is 0. The van der Waals surface area contributed by atoms with Crippen molar-refractivity contribution in [3.63, 3.8) is 0 Å². The molecular formula is C11H23N3. The number of rotatable bonds is 6. The number of nitrogens with two attached hydrogens (primary N) is 1. The average molecular weight is 197 g/mol. The third-order valence-electron chi connectivity index (χ3n) is 2.99. The fourth-order valence-electron chi connectivity index (χ4n) is 2.25. The number of likely N-dealkylation sites (tertiary alicyclic amines) is 1. The van der Waals surface area contributed by atoms with E-state index in [1.165, 1.54) is 32.4 Å². The average Bonchev–Trinajstić information content (AvgIpc) is 2.53. The molecule has 3 heteroatoms. The minimum absolute atomic E-state index is 0.328. The molecule has 0 radical (unpaired) electrons. The summed E-state index contributed by atoms with van der Waals surface area (Å²) in [7, 11) is 0. The van der Waals surface area contributed by atoms with Gasteiger partial charge in [0.05, 0.1) is 5.84 Å². The number of nitrogens with zero attached hydrogens (tertiary/aromatic N) is 1. The Balaban J connectivity index is 2.07. The van der Waals surface area contributed by atoms with E-state index in [0.29, 0.717) is 5.84 Å². The largest absolute Gasteiger partial charge is 0.388 e. The Bertz CT molecular complexity index is 179. The van der Waals surface area contributed by atoms with Crippen molar-refractivity contribution in [2.45, 2.75) is 39.0 Å². The molecule has 0 bridgehead atoms. The number of hydrogen-bond acceptors (Lipinski definition) is 2. The molecule has 1 heterocycles. The third kappa shape index (κ3) is 4.09. The number of amidine groups is 1. The first kappa shape index (κ1) is 11.5. The van der Waals surface area contributed by atoms with Crippen LogP contribution in [0.15, 0.2) is 0 Å². The molecule has 3 N–H and O–H groups in total. The molecule has 14 heavy (non-hydrogen) atoms. The van der Waals surface area contributed by atoms with Crippen molar-refractivity contribution in [2.24, 2.45) is 11.7 Å². The summed E-state index contributed by atoms with van der Waals surface area (Å²) < 4.78 is 0. The van der Waals surface area contributed by atoms with E-state index in [1.54, 1.807) is 0 Å². The maximum absolute atomic E-state index is 7.13. The van der Waals surface area contributed by atoms with E-state index in [1.807, 2.05) is 0 Å². The number of nitrogens with one attached hydrogen (secondary N) is 1. The van der Waals surface area contributed by atoms with Crippen LogP contribution in [-0.4, -0.2) is 30.4 Å². The molecule has 1 aliphatic rings. The molecule has 0 aromatic rings. The van der Waals surface area contributed by atoms with E-state index < -0.39 is 0 Å². The summed E-state index contributed by atoms with van der Waals surface area (Å²) in [4.78, 5) is 2.52. The van der Waals surface area contributed by atoms with Crippen LogP contribution >= 0.6 is 0 Å². The second kappa shape index (κ2) is 6.02. The minimum atomic E-state index is 0.328. The van der Waals surface area contributed by atoms with Gasteiger partial charge < -0.3 is 10.6 Å². The Morgan fingerprint density at radius 2 is 2.36 bits per heavy atom. The van der Waals surface area contributed by atoms with Crippen LogP contribution in [0.5, 0.6) is 0 Å². The van der Waals surface area contributed by atoms with Gasteiger partial charge >= 0.3 is 0 Å². The zero-order valence-corrected chi connectivity index (χ0v) is 9.26. The lowest BCUT2D eigenvalue weighted by molar-refractivity contribution is 0.318. The molecule has 1 rings (SSSR count). The van der Waals surface area contributed by atoms with Crippen LogP contribution in [-0.2, 0) is 0 Å². The Morgan fingerprint density at radius 1 is 1.57 bits per heavy atom. The topological polar surface area (TPSA) is 53.1 Å². The highest BCUT2D eigenvalue weighted by Crippen LogP contribution is 2.20. The summed E-state index contributed by atoms with van der Waals surface area (Å²) in [6.07, 6.45) is 5.87. The molecule has 0 aromatic carbocycles. The van der Waals surface area contributed by atoms with Gasteiger partial charge in [0, 0.05) is 13.0 Å². The van der Waals surface area contributed by atoms with Crippen molar-refractivity contribution in [1.29, 1.82) is 5.41 Å². The Labute approximate surface area is 87.2 Å². The van der Waals surface area contributed by atoms with E-state index in [9.17, 15) is 0 Å². The van der Waals surface area contributed by atoms with E-state index in [-0.39, 0.29) is 0 Å². The smallest absolute Gasteiger partial charge is 0.0905 e. The van der Waals surface area contributed by atoms with Crippen LogP contribution in [0, 0.1) is 11.3 Å². The molecule has 3 nitrogen and oxygen atoms in total. The van der Waals surface area contributed by atoms with E-state index in [4.69, 9.17) is 11.1 Å². The van der Waals surface area contributed by atoms with Gasteiger partial charge in [0.1, 0.15) is 0 Å².